The van der Waals surface area contributed by atoms with Crippen LogP contribution in [0.25, 0.3) is 44.3 Å². The van der Waals surface area contributed by atoms with Crippen LogP contribution in [-0.2, 0) is 6.54 Å². The van der Waals surface area contributed by atoms with Crippen LogP contribution in [-0.4, -0.2) is 4.98 Å². The molecule has 0 spiro atoms. The Bertz CT molecular complexity index is 1350. The van der Waals surface area contributed by atoms with E-state index in [9.17, 15) is 0 Å². The summed E-state index contributed by atoms with van der Waals surface area (Å²) in [5.74, 6) is 0. The van der Waals surface area contributed by atoms with Gasteiger partial charge in [0.15, 0.2) is 0 Å². The summed E-state index contributed by atoms with van der Waals surface area (Å²) < 4.78 is 0. The average Bonchev–Trinajstić information content (AvgIpc) is 2.84. The molecule has 0 atom stereocenters. The molecule has 0 radical (unpaired) electrons. The topological polar surface area (TPSA) is 38.9 Å². The zero-order valence-corrected chi connectivity index (χ0v) is 17.5. The first-order valence-electron chi connectivity index (χ1n) is 10.6. The van der Waals surface area contributed by atoms with E-state index in [0.717, 1.165) is 27.6 Å². The van der Waals surface area contributed by atoms with Gasteiger partial charge in [0.05, 0.1) is 5.52 Å². The molecule has 0 aliphatic heterocycles. The maximum absolute atomic E-state index is 5.72. The summed E-state index contributed by atoms with van der Waals surface area (Å²) >= 11 is 0. The van der Waals surface area contributed by atoms with Crippen LogP contribution < -0.4 is 5.73 Å². The highest BCUT2D eigenvalue weighted by molar-refractivity contribution is 5.88. The Hall–Kier alpha value is -3.75. The van der Waals surface area contributed by atoms with Gasteiger partial charge >= 0.3 is 0 Å². The SMILES string of the molecule is Cc1ccccc1-c1ccc(-c2ccc3ncc(-c4ccc(CN)cc4)cc3c2)cc1. The third kappa shape index (κ3) is 3.86. The molecular weight excluding hydrogens is 376 g/mol. The highest BCUT2D eigenvalue weighted by Crippen LogP contribution is 2.30. The van der Waals surface area contributed by atoms with E-state index < -0.39 is 0 Å². The molecule has 0 unspecified atom stereocenters. The molecular formula is C29H24N2. The van der Waals surface area contributed by atoms with E-state index in [0.29, 0.717) is 6.54 Å². The normalized spacial score (nSPS) is 11.0. The van der Waals surface area contributed by atoms with Crippen LogP contribution in [0.2, 0.25) is 0 Å². The Kier molecular flexibility index (Phi) is 5.07. The Balaban J connectivity index is 1.49. The molecule has 1 aromatic heterocycles. The molecule has 0 fully saturated rings. The summed E-state index contributed by atoms with van der Waals surface area (Å²) in [5, 5.41) is 1.14. The molecule has 5 rings (SSSR count). The van der Waals surface area contributed by atoms with Crippen molar-refractivity contribution in [3.8, 4) is 33.4 Å². The van der Waals surface area contributed by atoms with Crippen LogP contribution in [0.5, 0.6) is 0 Å². The predicted molar refractivity (Wildman–Crippen MR) is 131 cm³/mol. The van der Waals surface area contributed by atoms with Gasteiger partial charge in [-0.3, -0.25) is 4.98 Å². The van der Waals surface area contributed by atoms with E-state index in [1.54, 1.807) is 0 Å². The van der Waals surface area contributed by atoms with Crippen molar-refractivity contribution in [2.24, 2.45) is 5.73 Å². The molecule has 2 nitrogen and oxygen atoms in total. The summed E-state index contributed by atoms with van der Waals surface area (Å²) in [6.45, 7) is 2.71. The number of pyridine rings is 1. The van der Waals surface area contributed by atoms with Gasteiger partial charge in [-0.25, -0.2) is 0 Å². The molecule has 2 N–H and O–H groups in total. The van der Waals surface area contributed by atoms with Crippen molar-refractivity contribution in [3.05, 3.63) is 114 Å². The number of nitrogens with two attached hydrogens (primary N) is 1. The summed E-state index contributed by atoms with van der Waals surface area (Å²) in [7, 11) is 0. The maximum atomic E-state index is 5.72. The zero-order valence-electron chi connectivity index (χ0n) is 17.5. The van der Waals surface area contributed by atoms with Gasteiger partial charge in [-0.1, -0.05) is 78.9 Å². The first kappa shape index (κ1) is 19.2. The van der Waals surface area contributed by atoms with Crippen LogP contribution in [0, 0.1) is 6.92 Å². The standard InChI is InChI=1S/C29H24N2/c1-20-4-2-3-5-28(20)24-12-10-22(11-13-24)25-14-15-29-26(16-25)17-27(19-31-29)23-8-6-21(18-30)7-9-23/h2-17,19H,18,30H2,1H3. The minimum absolute atomic E-state index is 0.558. The van der Waals surface area contributed by atoms with Gasteiger partial charge < -0.3 is 5.73 Å². The lowest BCUT2D eigenvalue weighted by Crippen LogP contribution is -1.95. The molecule has 2 heteroatoms. The van der Waals surface area contributed by atoms with Gasteiger partial charge in [0, 0.05) is 23.7 Å². The first-order valence-corrected chi connectivity index (χ1v) is 10.6. The van der Waals surface area contributed by atoms with Gasteiger partial charge in [0.1, 0.15) is 0 Å². The van der Waals surface area contributed by atoms with Crippen LogP contribution in [0.3, 0.4) is 0 Å². The highest BCUT2D eigenvalue weighted by Gasteiger charge is 2.06. The van der Waals surface area contributed by atoms with E-state index in [1.807, 2.05) is 6.20 Å². The lowest BCUT2D eigenvalue weighted by atomic mass is 9.96. The number of aryl methyl sites for hydroxylation is 1. The number of fused-ring (bicyclic) bond motifs is 1. The van der Waals surface area contributed by atoms with Crippen molar-refractivity contribution in [2.45, 2.75) is 13.5 Å². The molecule has 150 valence electrons. The Labute approximate surface area is 183 Å². The van der Waals surface area contributed by atoms with E-state index in [2.05, 4.69) is 109 Å². The molecule has 0 aliphatic carbocycles. The molecule has 0 aliphatic rings. The molecule has 0 bridgehead atoms. The number of hydrogen-bond donors (Lipinski definition) is 1. The van der Waals surface area contributed by atoms with E-state index in [-0.39, 0.29) is 0 Å². The number of benzene rings is 4. The van der Waals surface area contributed by atoms with E-state index in [4.69, 9.17) is 5.73 Å². The zero-order chi connectivity index (χ0) is 21.2. The van der Waals surface area contributed by atoms with Crippen molar-refractivity contribution < 1.29 is 0 Å². The van der Waals surface area contributed by atoms with Crippen molar-refractivity contribution in [1.82, 2.24) is 4.98 Å². The number of nitrogens with zero attached hydrogens (tertiary/aromatic N) is 1. The van der Waals surface area contributed by atoms with Crippen LogP contribution in [0.15, 0.2) is 103 Å². The number of hydrogen-bond acceptors (Lipinski definition) is 2. The minimum atomic E-state index is 0.558. The molecule has 31 heavy (non-hydrogen) atoms. The summed E-state index contributed by atoms with van der Waals surface area (Å²) in [6.07, 6.45) is 1.94. The third-order valence-electron chi connectivity index (χ3n) is 5.88. The van der Waals surface area contributed by atoms with Gasteiger partial charge in [0.25, 0.3) is 0 Å². The minimum Gasteiger partial charge on any atom is -0.326 e. The second-order valence-corrected chi connectivity index (χ2v) is 7.92. The third-order valence-corrected chi connectivity index (χ3v) is 5.88. The van der Waals surface area contributed by atoms with Crippen LogP contribution in [0.1, 0.15) is 11.1 Å². The van der Waals surface area contributed by atoms with Gasteiger partial charge in [-0.15, -0.1) is 0 Å². The quantitative estimate of drug-likeness (QED) is 0.353. The molecule has 1 heterocycles. The fourth-order valence-electron chi connectivity index (χ4n) is 4.04. The Morgan fingerprint density at radius 3 is 2.00 bits per heavy atom. The molecule has 5 aromatic rings. The number of aromatic nitrogens is 1. The van der Waals surface area contributed by atoms with Gasteiger partial charge in [-0.05, 0) is 64.1 Å². The molecule has 0 saturated carbocycles. The predicted octanol–water partition coefficient (Wildman–Crippen LogP) is 7.00. The Morgan fingerprint density at radius 2 is 1.26 bits per heavy atom. The first-order chi connectivity index (χ1) is 15.2. The molecule has 0 saturated heterocycles. The van der Waals surface area contributed by atoms with Crippen molar-refractivity contribution in [2.75, 3.05) is 0 Å². The monoisotopic (exact) mass is 400 g/mol. The van der Waals surface area contributed by atoms with Gasteiger partial charge in [-0.2, -0.15) is 0 Å². The average molecular weight is 401 g/mol. The maximum Gasteiger partial charge on any atom is 0.0702 e. The lowest BCUT2D eigenvalue weighted by molar-refractivity contribution is 1.07. The Morgan fingerprint density at radius 1 is 0.645 bits per heavy atom. The van der Waals surface area contributed by atoms with Crippen molar-refractivity contribution in [3.63, 3.8) is 0 Å². The van der Waals surface area contributed by atoms with Crippen molar-refractivity contribution in [1.29, 1.82) is 0 Å². The molecule has 0 amide bonds. The lowest BCUT2D eigenvalue weighted by Gasteiger charge is -2.09. The summed E-state index contributed by atoms with van der Waals surface area (Å²) in [5.41, 5.74) is 16.3. The summed E-state index contributed by atoms with van der Waals surface area (Å²) in [6, 6.07) is 34.4. The van der Waals surface area contributed by atoms with Crippen LogP contribution in [0.4, 0.5) is 0 Å². The highest BCUT2D eigenvalue weighted by atomic mass is 14.6. The smallest absolute Gasteiger partial charge is 0.0702 e. The summed E-state index contributed by atoms with van der Waals surface area (Å²) in [4.78, 5) is 4.67. The van der Waals surface area contributed by atoms with E-state index in [1.165, 1.54) is 27.8 Å². The van der Waals surface area contributed by atoms with Crippen molar-refractivity contribution >= 4 is 10.9 Å². The van der Waals surface area contributed by atoms with Gasteiger partial charge in [0.2, 0.25) is 0 Å². The van der Waals surface area contributed by atoms with E-state index >= 15 is 0 Å². The number of rotatable bonds is 4. The second kappa shape index (κ2) is 8.17. The molecule has 4 aromatic carbocycles. The van der Waals surface area contributed by atoms with Crippen LogP contribution >= 0.6 is 0 Å². The fourth-order valence-corrected chi connectivity index (χ4v) is 4.04. The fraction of sp³-hybridized carbons (Fsp3) is 0.0690. The second-order valence-electron chi connectivity index (χ2n) is 7.92. The largest absolute Gasteiger partial charge is 0.326 e.